The second-order valence-electron chi connectivity index (χ2n) is 4.67. The number of benzene rings is 1. The van der Waals surface area contributed by atoms with Crippen LogP contribution in [0.4, 0.5) is 4.39 Å². The molecule has 1 heterocycles. The summed E-state index contributed by atoms with van der Waals surface area (Å²) in [6.45, 7) is 6.24. The van der Waals surface area contributed by atoms with Gasteiger partial charge >= 0.3 is 7.12 Å². The molecule has 1 aromatic carbocycles. The Labute approximate surface area is 111 Å². The average molecular weight is 262 g/mol. The predicted molar refractivity (Wildman–Crippen MR) is 71.8 cm³/mol. The Balaban J connectivity index is 2.40. The van der Waals surface area contributed by atoms with E-state index in [1.54, 1.807) is 10.7 Å². The minimum absolute atomic E-state index is 0.171. The molecule has 4 nitrogen and oxygen atoms in total. The number of rotatable bonds is 3. The van der Waals surface area contributed by atoms with Crippen molar-refractivity contribution < 1.29 is 14.4 Å². The zero-order chi connectivity index (χ0) is 14.2. The van der Waals surface area contributed by atoms with Gasteiger partial charge in [0.05, 0.1) is 12.2 Å². The lowest BCUT2D eigenvalue weighted by molar-refractivity contribution is 0.424. The van der Waals surface area contributed by atoms with Crippen molar-refractivity contribution in [2.45, 2.75) is 27.3 Å². The number of hydrogen-bond acceptors (Lipinski definition) is 3. The Kier molecular flexibility index (Phi) is 3.73. The summed E-state index contributed by atoms with van der Waals surface area (Å²) in [6, 6.07) is 3.99. The van der Waals surface area contributed by atoms with Gasteiger partial charge in [-0.25, -0.2) is 4.39 Å². The Morgan fingerprint density at radius 2 is 1.95 bits per heavy atom. The first-order valence-corrected chi connectivity index (χ1v) is 6.05. The van der Waals surface area contributed by atoms with Gasteiger partial charge in [-0.2, -0.15) is 5.10 Å². The van der Waals surface area contributed by atoms with Crippen LogP contribution in [-0.2, 0) is 6.54 Å². The lowest BCUT2D eigenvalue weighted by Crippen LogP contribution is -2.34. The number of aryl methyl sites for hydroxylation is 1. The third-order valence-electron chi connectivity index (χ3n) is 3.45. The standard InChI is InChI=1S/C13H16BFN2O2/c1-8-9(2)16-17(10(8)3)7-11-4-5-12(15)6-13(11)14(18)19/h4-6,18-19H,7H2,1-3H3. The molecule has 0 atom stereocenters. The van der Waals surface area contributed by atoms with Crippen LogP contribution in [0.15, 0.2) is 18.2 Å². The molecule has 2 aromatic rings. The fraction of sp³-hybridized carbons (Fsp3) is 0.308. The van der Waals surface area contributed by atoms with E-state index >= 15 is 0 Å². The Morgan fingerprint density at radius 1 is 1.26 bits per heavy atom. The van der Waals surface area contributed by atoms with E-state index in [0.29, 0.717) is 12.1 Å². The van der Waals surface area contributed by atoms with Crippen LogP contribution < -0.4 is 5.46 Å². The maximum Gasteiger partial charge on any atom is 0.488 e. The molecule has 0 amide bonds. The SMILES string of the molecule is Cc1nn(Cc2ccc(F)cc2B(O)O)c(C)c1C. The molecule has 0 aliphatic rings. The molecule has 0 spiro atoms. The average Bonchev–Trinajstić information content (AvgIpc) is 2.59. The van der Waals surface area contributed by atoms with E-state index in [1.165, 1.54) is 6.07 Å². The number of hydrogen-bond donors (Lipinski definition) is 2. The maximum absolute atomic E-state index is 13.1. The van der Waals surface area contributed by atoms with Gasteiger partial charge in [0.15, 0.2) is 0 Å². The van der Waals surface area contributed by atoms with E-state index < -0.39 is 12.9 Å². The van der Waals surface area contributed by atoms with Crippen LogP contribution in [0.2, 0.25) is 0 Å². The van der Waals surface area contributed by atoms with Gasteiger partial charge < -0.3 is 10.0 Å². The summed E-state index contributed by atoms with van der Waals surface area (Å²) < 4.78 is 14.9. The van der Waals surface area contributed by atoms with Crippen molar-refractivity contribution in [2.75, 3.05) is 0 Å². The number of nitrogens with zero attached hydrogens (tertiary/aromatic N) is 2. The van der Waals surface area contributed by atoms with Crippen molar-refractivity contribution in [1.29, 1.82) is 0 Å². The molecule has 0 saturated heterocycles. The van der Waals surface area contributed by atoms with Crippen molar-refractivity contribution in [3.8, 4) is 0 Å². The molecule has 19 heavy (non-hydrogen) atoms. The van der Waals surface area contributed by atoms with Gasteiger partial charge in [0, 0.05) is 5.69 Å². The van der Waals surface area contributed by atoms with Crippen molar-refractivity contribution in [1.82, 2.24) is 9.78 Å². The van der Waals surface area contributed by atoms with Crippen molar-refractivity contribution in [3.05, 3.63) is 46.5 Å². The molecule has 2 rings (SSSR count). The zero-order valence-corrected chi connectivity index (χ0v) is 11.2. The van der Waals surface area contributed by atoms with Gasteiger partial charge in [0.1, 0.15) is 5.82 Å². The van der Waals surface area contributed by atoms with Crippen molar-refractivity contribution >= 4 is 12.6 Å². The molecular weight excluding hydrogens is 246 g/mol. The van der Waals surface area contributed by atoms with E-state index in [1.807, 2.05) is 20.8 Å². The maximum atomic E-state index is 13.1. The predicted octanol–water partition coefficient (Wildman–Crippen LogP) is 0.676. The zero-order valence-electron chi connectivity index (χ0n) is 11.2. The van der Waals surface area contributed by atoms with Gasteiger partial charge in [-0.1, -0.05) is 6.07 Å². The van der Waals surface area contributed by atoms with E-state index in [-0.39, 0.29) is 5.46 Å². The number of aromatic nitrogens is 2. The first-order chi connectivity index (χ1) is 8.90. The summed E-state index contributed by atoms with van der Waals surface area (Å²) in [5.41, 5.74) is 3.87. The van der Waals surface area contributed by atoms with Crippen LogP contribution in [0.1, 0.15) is 22.5 Å². The van der Waals surface area contributed by atoms with Gasteiger partial charge in [0.2, 0.25) is 0 Å². The molecular formula is C13H16BFN2O2. The van der Waals surface area contributed by atoms with Crippen LogP contribution >= 0.6 is 0 Å². The van der Waals surface area contributed by atoms with Crippen LogP contribution in [0, 0.1) is 26.6 Å². The topological polar surface area (TPSA) is 58.3 Å². The van der Waals surface area contributed by atoms with Gasteiger partial charge in [-0.05, 0) is 49.5 Å². The number of halogens is 1. The molecule has 2 N–H and O–H groups in total. The van der Waals surface area contributed by atoms with Crippen molar-refractivity contribution in [2.24, 2.45) is 0 Å². The Morgan fingerprint density at radius 3 is 2.47 bits per heavy atom. The minimum atomic E-state index is -1.69. The van der Waals surface area contributed by atoms with E-state index in [2.05, 4.69) is 5.10 Å². The Bertz CT molecular complexity index is 611. The molecule has 100 valence electrons. The van der Waals surface area contributed by atoms with Crippen LogP contribution in [0.25, 0.3) is 0 Å². The normalized spacial score (nSPS) is 10.8. The molecule has 0 radical (unpaired) electrons. The summed E-state index contributed by atoms with van der Waals surface area (Å²) in [7, 11) is -1.69. The van der Waals surface area contributed by atoms with Crippen LogP contribution in [0.3, 0.4) is 0 Å². The highest BCUT2D eigenvalue weighted by molar-refractivity contribution is 6.59. The van der Waals surface area contributed by atoms with Gasteiger partial charge in [-0.15, -0.1) is 0 Å². The smallest absolute Gasteiger partial charge is 0.423 e. The quantitative estimate of drug-likeness (QED) is 0.799. The minimum Gasteiger partial charge on any atom is -0.423 e. The van der Waals surface area contributed by atoms with Crippen LogP contribution in [-0.4, -0.2) is 26.9 Å². The van der Waals surface area contributed by atoms with Crippen LogP contribution in [0.5, 0.6) is 0 Å². The molecule has 0 aliphatic heterocycles. The summed E-state index contributed by atoms with van der Waals surface area (Å²) in [4.78, 5) is 0. The second-order valence-corrected chi connectivity index (χ2v) is 4.67. The third-order valence-corrected chi connectivity index (χ3v) is 3.45. The summed E-state index contributed by atoms with van der Waals surface area (Å²) in [5, 5.41) is 23.0. The lowest BCUT2D eigenvalue weighted by atomic mass is 9.77. The highest BCUT2D eigenvalue weighted by atomic mass is 19.1. The summed E-state index contributed by atoms with van der Waals surface area (Å²) in [6.07, 6.45) is 0. The third kappa shape index (κ3) is 2.69. The lowest BCUT2D eigenvalue weighted by Gasteiger charge is -2.10. The monoisotopic (exact) mass is 262 g/mol. The summed E-state index contributed by atoms with van der Waals surface area (Å²) >= 11 is 0. The first kappa shape index (κ1) is 13.8. The molecule has 0 aliphatic carbocycles. The molecule has 6 heteroatoms. The molecule has 0 unspecified atom stereocenters. The highest BCUT2D eigenvalue weighted by Crippen LogP contribution is 2.13. The van der Waals surface area contributed by atoms with E-state index in [9.17, 15) is 14.4 Å². The second kappa shape index (κ2) is 5.15. The largest absolute Gasteiger partial charge is 0.488 e. The summed E-state index contributed by atoms with van der Waals surface area (Å²) in [5.74, 6) is -0.489. The van der Waals surface area contributed by atoms with Gasteiger partial charge in [-0.3, -0.25) is 4.68 Å². The fourth-order valence-corrected chi connectivity index (χ4v) is 2.05. The van der Waals surface area contributed by atoms with Gasteiger partial charge in [0.25, 0.3) is 0 Å². The molecule has 0 saturated carbocycles. The van der Waals surface area contributed by atoms with E-state index in [4.69, 9.17) is 0 Å². The van der Waals surface area contributed by atoms with E-state index in [0.717, 1.165) is 23.0 Å². The molecule has 1 aromatic heterocycles. The first-order valence-electron chi connectivity index (χ1n) is 6.05. The van der Waals surface area contributed by atoms with Crippen molar-refractivity contribution in [3.63, 3.8) is 0 Å². The highest BCUT2D eigenvalue weighted by Gasteiger charge is 2.18. The molecule has 0 fully saturated rings. The fourth-order valence-electron chi connectivity index (χ4n) is 2.05. The molecule has 0 bridgehead atoms. The Hall–Kier alpha value is -1.66.